The van der Waals surface area contributed by atoms with E-state index >= 15 is 0 Å². The SMILES string of the molecule is C/C=C(\S[C@H]1[C@H](OC[C@H]2O[C@@H](OC)[C@H](OCc3ccccc3)[C@@H](OCc3ccccc3)[C@@H]2OCc2ccccc2)O[C@H](COCc2ccccc2)[C@@H](OCc2ccccc2)[C@@H]1OCc1ccccc1)C(C)=O. The highest BCUT2D eigenvalue weighted by Gasteiger charge is 2.52. The smallest absolute Gasteiger partial charge is 0.186 e. The molecule has 0 N–H and O–H groups in total. The van der Waals surface area contributed by atoms with Crippen molar-refractivity contribution in [1.29, 1.82) is 0 Å². The molecule has 0 unspecified atom stereocenters. The zero-order chi connectivity index (χ0) is 49.7. The Hall–Kier alpha value is -5.32. The molecule has 0 aliphatic carbocycles. The van der Waals surface area contributed by atoms with Crippen molar-refractivity contribution in [3.63, 3.8) is 0 Å². The molecule has 6 aromatic rings. The molecule has 0 saturated carbocycles. The molecule has 2 heterocycles. The van der Waals surface area contributed by atoms with Gasteiger partial charge < -0.3 is 47.4 Å². The quantitative estimate of drug-likeness (QED) is 0.0483. The summed E-state index contributed by atoms with van der Waals surface area (Å²) in [6.07, 6.45) is -4.90. The van der Waals surface area contributed by atoms with Crippen LogP contribution in [0.15, 0.2) is 193 Å². The lowest BCUT2D eigenvalue weighted by atomic mass is 9.97. The summed E-state index contributed by atoms with van der Waals surface area (Å²) in [4.78, 5) is 13.9. The van der Waals surface area contributed by atoms with E-state index in [1.165, 1.54) is 11.8 Å². The number of ether oxygens (including phenoxy) is 10. The molecule has 378 valence electrons. The summed E-state index contributed by atoms with van der Waals surface area (Å²) < 4.78 is 68.1. The standard InChI is InChI=1S/C60H66O11S/c1-4-52(43(2)61)72-58-56(67-39-48-31-19-9-20-32-48)54(65-37-46-27-15-7-16-28-46)50(41-63-35-44-23-11-5-12-24-44)71-60(58)69-42-51-53(64-36-45-25-13-6-14-26-45)55(66-38-47-29-17-8-18-30-47)57(59(62-3)70-51)68-40-49-33-21-10-22-34-49/h4-34,50-51,53-60H,35-42H2,1-3H3/b52-4-/t50-,51-,53-,54-,55+,56+,57-,58-,59-,60-/m1/s1. The second-order valence-electron chi connectivity index (χ2n) is 17.8. The molecule has 72 heavy (non-hydrogen) atoms. The molecule has 0 amide bonds. The summed E-state index contributed by atoms with van der Waals surface area (Å²) in [6.45, 7) is 5.29. The van der Waals surface area contributed by atoms with Crippen molar-refractivity contribution in [3.8, 4) is 0 Å². The first kappa shape index (κ1) is 53.0. The Labute approximate surface area is 428 Å². The lowest BCUT2D eigenvalue weighted by Gasteiger charge is -2.48. The van der Waals surface area contributed by atoms with E-state index in [0.717, 1.165) is 33.4 Å². The van der Waals surface area contributed by atoms with Gasteiger partial charge in [0.1, 0.15) is 42.7 Å². The van der Waals surface area contributed by atoms with E-state index in [0.29, 0.717) is 11.5 Å². The first-order chi connectivity index (χ1) is 35.4. The van der Waals surface area contributed by atoms with Crippen molar-refractivity contribution in [1.82, 2.24) is 0 Å². The van der Waals surface area contributed by atoms with Crippen LogP contribution in [0.3, 0.4) is 0 Å². The van der Waals surface area contributed by atoms with Crippen molar-refractivity contribution < 1.29 is 52.2 Å². The predicted octanol–water partition coefficient (Wildman–Crippen LogP) is 10.8. The molecule has 11 nitrogen and oxygen atoms in total. The summed E-state index contributed by atoms with van der Waals surface area (Å²) in [5.74, 6) is -0.0917. The fourth-order valence-electron chi connectivity index (χ4n) is 8.82. The highest BCUT2D eigenvalue weighted by Crippen LogP contribution is 2.40. The predicted molar refractivity (Wildman–Crippen MR) is 277 cm³/mol. The molecular weight excluding hydrogens is 929 g/mol. The lowest BCUT2D eigenvalue weighted by molar-refractivity contribution is -0.334. The van der Waals surface area contributed by atoms with E-state index in [-0.39, 0.29) is 52.0 Å². The van der Waals surface area contributed by atoms with Gasteiger partial charge in [0.25, 0.3) is 0 Å². The third-order valence-electron chi connectivity index (χ3n) is 12.5. The highest BCUT2D eigenvalue weighted by atomic mass is 32.2. The second-order valence-corrected chi connectivity index (χ2v) is 19.0. The third kappa shape index (κ3) is 15.4. The van der Waals surface area contributed by atoms with E-state index in [1.54, 1.807) is 14.0 Å². The number of allylic oxidation sites excluding steroid dienone is 2. The summed E-state index contributed by atoms with van der Waals surface area (Å²) >= 11 is 1.36. The first-order valence-electron chi connectivity index (χ1n) is 24.6. The maximum atomic E-state index is 13.3. The van der Waals surface area contributed by atoms with Crippen molar-refractivity contribution in [2.75, 3.05) is 20.3 Å². The van der Waals surface area contributed by atoms with E-state index in [2.05, 4.69) is 0 Å². The van der Waals surface area contributed by atoms with Gasteiger partial charge in [-0.15, -0.1) is 11.8 Å². The zero-order valence-corrected chi connectivity index (χ0v) is 42.0. The van der Waals surface area contributed by atoms with E-state index in [9.17, 15) is 4.79 Å². The molecule has 2 aliphatic heterocycles. The molecule has 0 bridgehead atoms. The summed E-state index contributed by atoms with van der Waals surface area (Å²) in [5.41, 5.74) is 5.94. The average Bonchev–Trinajstić information content (AvgIpc) is 3.43. The molecule has 2 fully saturated rings. The van der Waals surface area contributed by atoms with Crippen LogP contribution in [0.2, 0.25) is 0 Å². The van der Waals surface area contributed by atoms with Crippen LogP contribution in [-0.4, -0.2) is 86.7 Å². The molecular formula is C60H66O11S. The number of hydrogen-bond donors (Lipinski definition) is 0. The average molecular weight is 995 g/mol. The molecule has 12 heteroatoms. The first-order valence-corrected chi connectivity index (χ1v) is 25.5. The lowest BCUT2D eigenvalue weighted by Crippen LogP contribution is -2.63. The molecule has 8 rings (SSSR count). The van der Waals surface area contributed by atoms with Crippen LogP contribution in [0, 0.1) is 0 Å². The van der Waals surface area contributed by atoms with Crippen LogP contribution in [0.5, 0.6) is 0 Å². The fourth-order valence-corrected chi connectivity index (χ4v) is 10.0. The molecule has 2 saturated heterocycles. The third-order valence-corrected chi connectivity index (χ3v) is 14.1. The van der Waals surface area contributed by atoms with E-state index < -0.39 is 60.6 Å². The van der Waals surface area contributed by atoms with Gasteiger partial charge in [-0.3, -0.25) is 4.79 Å². The second kappa shape index (κ2) is 28.2. The van der Waals surface area contributed by atoms with Crippen LogP contribution in [0.4, 0.5) is 0 Å². The number of methoxy groups -OCH3 is 1. The number of thioether (sulfide) groups is 1. The van der Waals surface area contributed by atoms with Gasteiger partial charge >= 0.3 is 0 Å². The van der Waals surface area contributed by atoms with Gasteiger partial charge in [0.2, 0.25) is 0 Å². The molecule has 2 aliphatic rings. The minimum atomic E-state index is -0.970. The Morgan fingerprint density at radius 2 is 0.792 bits per heavy atom. The topological polar surface area (TPSA) is 109 Å². The maximum Gasteiger partial charge on any atom is 0.186 e. The Morgan fingerprint density at radius 3 is 1.19 bits per heavy atom. The zero-order valence-electron chi connectivity index (χ0n) is 41.2. The van der Waals surface area contributed by atoms with Crippen LogP contribution >= 0.6 is 11.8 Å². The van der Waals surface area contributed by atoms with Gasteiger partial charge in [-0.1, -0.05) is 188 Å². The van der Waals surface area contributed by atoms with E-state index in [4.69, 9.17) is 47.4 Å². The summed E-state index contributed by atoms with van der Waals surface area (Å²) in [5, 5.41) is -0.618. The number of Topliss-reactive ketones (excluding diaryl/α,β-unsaturated/α-hetero) is 1. The van der Waals surface area contributed by atoms with Crippen LogP contribution in [-0.2, 0) is 91.8 Å². The molecule has 0 radical (unpaired) electrons. The van der Waals surface area contributed by atoms with E-state index in [1.807, 2.05) is 195 Å². The summed E-state index contributed by atoms with van der Waals surface area (Å²) in [7, 11) is 1.60. The number of ketones is 1. The Kier molecular flexibility index (Phi) is 20.8. The van der Waals surface area contributed by atoms with Gasteiger partial charge in [-0.2, -0.15) is 0 Å². The minimum absolute atomic E-state index is 0.0264. The fraction of sp³-hybridized carbons (Fsp3) is 0.350. The van der Waals surface area contributed by atoms with Crippen molar-refractivity contribution in [3.05, 3.63) is 226 Å². The number of hydrogen-bond acceptors (Lipinski definition) is 12. The number of carbonyl (C=O) groups excluding carboxylic acids is 1. The van der Waals surface area contributed by atoms with Crippen molar-refractivity contribution in [2.24, 2.45) is 0 Å². The van der Waals surface area contributed by atoms with Crippen LogP contribution in [0.25, 0.3) is 0 Å². The number of carbonyl (C=O) groups is 1. The van der Waals surface area contributed by atoms with Crippen LogP contribution in [0.1, 0.15) is 47.2 Å². The monoisotopic (exact) mass is 994 g/mol. The van der Waals surface area contributed by atoms with Crippen LogP contribution < -0.4 is 0 Å². The van der Waals surface area contributed by atoms with Crippen molar-refractivity contribution in [2.45, 2.75) is 114 Å². The number of rotatable bonds is 26. The molecule has 0 aromatic heterocycles. The molecule has 6 aromatic carbocycles. The normalized spacial score (nSPS) is 24.5. The molecule has 10 atom stereocenters. The summed E-state index contributed by atoms with van der Waals surface area (Å²) in [6, 6.07) is 60.0. The number of benzene rings is 6. The molecule has 0 spiro atoms. The Morgan fingerprint density at radius 1 is 0.444 bits per heavy atom. The Balaban J connectivity index is 1.14. The van der Waals surface area contributed by atoms with Gasteiger partial charge in [0.15, 0.2) is 18.4 Å². The largest absolute Gasteiger partial charge is 0.374 e. The van der Waals surface area contributed by atoms with Gasteiger partial charge in [0, 0.05) is 12.0 Å². The van der Waals surface area contributed by atoms with Gasteiger partial charge in [-0.25, -0.2) is 0 Å². The Bertz CT molecular complexity index is 2490. The maximum absolute atomic E-state index is 13.3. The van der Waals surface area contributed by atoms with Gasteiger partial charge in [-0.05, 0) is 47.2 Å². The minimum Gasteiger partial charge on any atom is -0.374 e. The van der Waals surface area contributed by atoms with Gasteiger partial charge in [0.05, 0.1) is 58.1 Å². The van der Waals surface area contributed by atoms with Crippen molar-refractivity contribution >= 4 is 17.5 Å². The highest BCUT2D eigenvalue weighted by molar-refractivity contribution is 8.04.